The van der Waals surface area contributed by atoms with E-state index < -0.39 is 0 Å². The molecule has 3 fully saturated rings. The molecule has 0 aromatic carbocycles. The lowest BCUT2D eigenvalue weighted by molar-refractivity contribution is -0.134. The third-order valence-electron chi connectivity index (χ3n) is 5.23. The lowest BCUT2D eigenvalue weighted by Gasteiger charge is -2.28. The second-order valence-corrected chi connectivity index (χ2v) is 7.50. The zero-order chi connectivity index (χ0) is 15.1. The molecule has 1 unspecified atom stereocenters. The maximum atomic E-state index is 12.9. The van der Waals surface area contributed by atoms with E-state index in [4.69, 9.17) is 0 Å². The number of hydrogen-bond donors (Lipinski definition) is 1. The maximum absolute atomic E-state index is 12.9. The average molecular weight is 319 g/mol. The van der Waals surface area contributed by atoms with Gasteiger partial charge in [-0.3, -0.25) is 9.59 Å². The third-order valence-corrected chi connectivity index (χ3v) is 6.09. The van der Waals surface area contributed by atoms with Gasteiger partial charge >= 0.3 is 0 Å². The van der Waals surface area contributed by atoms with Crippen molar-refractivity contribution < 1.29 is 9.59 Å². The molecule has 0 spiro atoms. The Kier molecular flexibility index (Phi) is 3.66. The zero-order valence-corrected chi connectivity index (χ0v) is 13.3. The van der Waals surface area contributed by atoms with Crippen LogP contribution in [-0.4, -0.2) is 60.4 Å². The molecule has 3 atom stereocenters. The highest BCUT2D eigenvalue weighted by atomic mass is 32.1. The van der Waals surface area contributed by atoms with Crippen molar-refractivity contribution in [2.75, 3.05) is 32.7 Å². The smallest absolute Gasteiger partial charge is 0.264 e. The molecule has 0 saturated carbocycles. The van der Waals surface area contributed by atoms with Gasteiger partial charge in [-0.2, -0.15) is 0 Å². The van der Waals surface area contributed by atoms with E-state index in [0.717, 1.165) is 43.9 Å². The van der Waals surface area contributed by atoms with Gasteiger partial charge in [-0.1, -0.05) is 6.07 Å². The van der Waals surface area contributed by atoms with Crippen molar-refractivity contribution in [2.45, 2.75) is 18.9 Å². The largest absolute Gasteiger partial charge is 0.340 e. The molecule has 0 radical (unpaired) electrons. The number of amides is 2. The molecular formula is C16H21N3O2S. The van der Waals surface area contributed by atoms with Crippen LogP contribution in [0.2, 0.25) is 0 Å². The lowest BCUT2D eigenvalue weighted by atomic mass is 10.0. The summed E-state index contributed by atoms with van der Waals surface area (Å²) in [5.74, 6) is 1.39. The molecular weight excluding hydrogens is 298 g/mol. The maximum Gasteiger partial charge on any atom is 0.264 e. The summed E-state index contributed by atoms with van der Waals surface area (Å²) in [6.45, 7) is 4.46. The number of nitrogens with zero attached hydrogens (tertiary/aromatic N) is 2. The topological polar surface area (TPSA) is 52.7 Å². The molecule has 4 heterocycles. The van der Waals surface area contributed by atoms with E-state index in [-0.39, 0.29) is 17.9 Å². The summed E-state index contributed by atoms with van der Waals surface area (Å²) in [7, 11) is 0. The second kappa shape index (κ2) is 5.66. The van der Waals surface area contributed by atoms with Crippen LogP contribution >= 0.6 is 11.3 Å². The number of carbonyl (C=O) groups excluding carboxylic acids is 2. The van der Waals surface area contributed by atoms with Crippen LogP contribution in [0.25, 0.3) is 0 Å². The van der Waals surface area contributed by atoms with E-state index in [1.54, 1.807) is 4.90 Å². The summed E-state index contributed by atoms with van der Waals surface area (Å²) in [4.78, 5) is 30.0. The van der Waals surface area contributed by atoms with Crippen molar-refractivity contribution in [1.29, 1.82) is 0 Å². The van der Waals surface area contributed by atoms with Crippen LogP contribution in [0.5, 0.6) is 0 Å². The minimum absolute atomic E-state index is 0.0203. The fraction of sp³-hybridized carbons (Fsp3) is 0.625. The van der Waals surface area contributed by atoms with Gasteiger partial charge in [0.15, 0.2) is 0 Å². The first kappa shape index (κ1) is 14.2. The highest BCUT2D eigenvalue weighted by molar-refractivity contribution is 7.12. The quantitative estimate of drug-likeness (QED) is 0.886. The molecule has 4 rings (SSSR count). The van der Waals surface area contributed by atoms with Gasteiger partial charge in [0, 0.05) is 32.7 Å². The second-order valence-electron chi connectivity index (χ2n) is 6.56. The lowest BCUT2D eigenvalue weighted by Crippen LogP contribution is -2.47. The van der Waals surface area contributed by atoms with Crippen LogP contribution in [0.3, 0.4) is 0 Å². The highest BCUT2D eigenvalue weighted by Crippen LogP contribution is 2.30. The predicted octanol–water partition coefficient (Wildman–Crippen LogP) is 1.03. The van der Waals surface area contributed by atoms with Gasteiger partial charge in [-0.05, 0) is 36.1 Å². The van der Waals surface area contributed by atoms with E-state index in [2.05, 4.69) is 5.32 Å². The normalized spacial score (nSPS) is 30.8. The van der Waals surface area contributed by atoms with Crippen molar-refractivity contribution in [2.24, 2.45) is 11.8 Å². The number of thiophene rings is 1. The van der Waals surface area contributed by atoms with Crippen LogP contribution in [0.15, 0.2) is 17.5 Å². The molecule has 3 aliphatic heterocycles. The van der Waals surface area contributed by atoms with E-state index in [0.29, 0.717) is 18.4 Å². The monoisotopic (exact) mass is 319 g/mol. The number of likely N-dealkylation sites (tertiary alicyclic amines) is 2. The Morgan fingerprint density at radius 3 is 2.68 bits per heavy atom. The van der Waals surface area contributed by atoms with Crippen molar-refractivity contribution in [1.82, 2.24) is 15.1 Å². The van der Waals surface area contributed by atoms with Crippen LogP contribution in [-0.2, 0) is 4.79 Å². The first-order chi connectivity index (χ1) is 10.7. The van der Waals surface area contributed by atoms with Crippen LogP contribution in [0.1, 0.15) is 22.5 Å². The Bertz CT molecular complexity index is 562. The van der Waals surface area contributed by atoms with Gasteiger partial charge in [-0.15, -0.1) is 11.3 Å². The number of nitrogens with one attached hydrogen (secondary N) is 1. The fourth-order valence-corrected chi connectivity index (χ4v) is 4.73. The summed E-state index contributed by atoms with van der Waals surface area (Å²) in [5, 5.41) is 5.31. The zero-order valence-electron chi connectivity index (χ0n) is 12.5. The molecule has 118 valence electrons. The minimum atomic E-state index is -0.249. The average Bonchev–Trinajstić information content (AvgIpc) is 3.28. The van der Waals surface area contributed by atoms with Crippen molar-refractivity contribution >= 4 is 23.2 Å². The SMILES string of the molecule is O=C(C1CCCN1C(=O)c1cccs1)N1C[C@H]2CNC[C@H]2C1. The van der Waals surface area contributed by atoms with Gasteiger partial charge in [0.25, 0.3) is 5.91 Å². The third kappa shape index (κ3) is 2.34. The van der Waals surface area contributed by atoms with Crippen LogP contribution < -0.4 is 5.32 Å². The summed E-state index contributed by atoms with van der Waals surface area (Å²) in [5.41, 5.74) is 0. The number of rotatable bonds is 2. The van der Waals surface area contributed by atoms with E-state index in [1.165, 1.54) is 11.3 Å². The van der Waals surface area contributed by atoms with E-state index in [1.807, 2.05) is 22.4 Å². The molecule has 0 bridgehead atoms. The van der Waals surface area contributed by atoms with Gasteiger partial charge < -0.3 is 15.1 Å². The molecule has 1 N–H and O–H groups in total. The summed E-state index contributed by atoms with van der Waals surface area (Å²) in [6.07, 6.45) is 1.73. The molecule has 0 aliphatic carbocycles. The molecule has 2 amide bonds. The number of fused-ring (bicyclic) bond motifs is 1. The number of carbonyl (C=O) groups is 2. The summed E-state index contributed by atoms with van der Waals surface area (Å²) >= 11 is 1.45. The van der Waals surface area contributed by atoms with Gasteiger partial charge in [0.2, 0.25) is 5.91 Å². The molecule has 3 aliphatic rings. The Hall–Kier alpha value is -1.40. The van der Waals surface area contributed by atoms with Crippen molar-refractivity contribution in [3.8, 4) is 0 Å². The van der Waals surface area contributed by atoms with Crippen molar-refractivity contribution in [3.63, 3.8) is 0 Å². The predicted molar refractivity (Wildman–Crippen MR) is 84.8 cm³/mol. The molecule has 3 saturated heterocycles. The minimum Gasteiger partial charge on any atom is -0.340 e. The van der Waals surface area contributed by atoms with E-state index in [9.17, 15) is 9.59 Å². The summed E-state index contributed by atoms with van der Waals surface area (Å²) in [6, 6.07) is 3.49. The Balaban J connectivity index is 1.47. The standard InChI is InChI=1S/C16H21N3O2S/c20-15(18-9-11-7-17-8-12(11)10-18)13-3-1-5-19(13)16(21)14-4-2-6-22-14/h2,4,6,11-13,17H,1,3,5,7-10H2/t11-,12+,13?. The molecule has 6 heteroatoms. The molecule has 1 aromatic rings. The summed E-state index contributed by atoms with van der Waals surface area (Å²) < 4.78 is 0. The molecule has 22 heavy (non-hydrogen) atoms. The Labute approximate surface area is 134 Å². The van der Waals surface area contributed by atoms with Crippen LogP contribution in [0.4, 0.5) is 0 Å². The molecule has 5 nitrogen and oxygen atoms in total. The first-order valence-electron chi connectivity index (χ1n) is 8.08. The number of hydrogen-bond acceptors (Lipinski definition) is 4. The highest BCUT2D eigenvalue weighted by Gasteiger charge is 2.43. The fourth-order valence-electron chi connectivity index (χ4n) is 4.05. The van der Waals surface area contributed by atoms with E-state index >= 15 is 0 Å². The molecule has 1 aromatic heterocycles. The van der Waals surface area contributed by atoms with Crippen LogP contribution in [0, 0.1) is 11.8 Å². The van der Waals surface area contributed by atoms with Gasteiger partial charge in [0.1, 0.15) is 6.04 Å². The van der Waals surface area contributed by atoms with Gasteiger partial charge in [-0.25, -0.2) is 0 Å². The Morgan fingerprint density at radius 1 is 1.23 bits per heavy atom. The van der Waals surface area contributed by atoms with Gasteiger partial charge in [0.05, 0.1) is 4.88 Å². The first-order valence-corrected chi connectivity index (χ1v) is 8.96. The Morgan fingerprint density at radius 2 is 2.00 bits per heavy atom. The van der Waals surface area contributed by atoms with Crippen molar-refractivity contribution in [3.05, 3.63) is 22.4 Å².